The molecular formula is C14H18N4O2S2. The quantitative estimate of drug-likeness (QED) is 0.903. The van der Waals surface area contributed by atoms with Gasteiger partial charge in [-0.25, -0.2) is 8.42 Å². The number of nitrogens with one attached hydrogen (secondary N) is 1. The van der Waals surface area contributed by atoms with Crippen LogP contribution in [0.4, 0.5) is 11.4 Å². The second-order valence-electron chi connectivity index (χ2n) is 5.19. The van der Waals surface area contributed by atoms with Crippen molar-refractivity contribution >= 4 is 32.7 Å². The highest BCUT2D eigenvalue weighted by Gasteiger charge is 2.27. The molecule has 1 aromatic carbocycles. The standard InChI is InChI=1S/C14H18N4O2S2/c1-3-13-16-17-14(21-13)9-15-11-5-4-6-12-10(11)7-8-18(12)22(2,19)20/h4-6,15H,3,7-9H2,1-2H3. The number of benzene rings is 1. The molecule has 2 aromatic rings. The average Bonchev–Trinajstić information content (AvgIpc) is 3.11. The van der Waals surface area contributed by atoms with E-state index in [0.29, 0.717) is 13.1 Å². The zero-order chi connectivity index (χ0) is 15.7. The first-order valence-corrected chi connectivity index (χ1v) is 9.80. The molecule has 0 amide bonds. The number of sulfonamides is 1. The van der Waals surface area contributed by atoms with Crippen molar-refractivity contribution in [2.24, 2.45) is 0 Å². The van der Waals surface area contributed by atoms with Crippen molar-refractivity contribution in [3.8, 4) is 0 Å². The van der Waals surface area contributed by atoms with Crippen LogP contribution in [0, 0.1) is 0 Å². The van der Waals surface area contributed by atoms with Gasteiger partial charge in [0.15, 0.2) is 0 Å². The summed E-state index contributed by atoms with van der Waals surface area (Å²) in [7, 11) is -3.21. The van der Waals surface area contributed by atoms with Crippen LogP contribution in [0.25, 0.3) is 0 Å². The largest absolute Gasteiger partial charge is 0.378 e. The first kappa shape index (κ1) is 15.2. The molecule has 118 valence electrons. The summed E-state index contributed by atoms with van der Waals surface area (Å²) in [5, 5.41) is 13.6. The van der Waals surface area contributed by atoms with E-state index < -0.39 is 10.0 Å². The first-order chi connectivity index (χ1) is 10.5. The van der Waals surface area contributed by atoms with Gasteiger partial charge in [0.1, 0.15) is 10.0 Å². The molecule has 0 atom stereocenters. The third-order valence-corrected chi connectivity index (χ3v) is 5.87. The number of aromatic nitrogens is 2. The van der Waals surface area contributed by atoms with E-state index in [1.807, 2.05) is 18.2 Å². The van der Waals surface area contributed by atoms with E-state index in [9.17, 15) is 8.42 Å². The Labute approximate surface area is 134 Å². The lowest BCUT2D eigenvalue weighted by Gasteiger charge is -2.17. The number of aryl methyl sites for hydroxylation is 1. The summed E-state index contributed by atoms with van der Waals surface area (Å²) in [6, 6.07) is 5.71. The van der Waals surface area contributed by atoms with Crippen molar-refractivity contribution < 1.29 is 8.42 Å². The first-order valence-electron chi connectivity index (χ1n) is 7.13. The molecule has 0 saturated carbocycles. The van der Waals surface area contributed by atoms with Gasteiger partial charge in [0.2, 0.25) is 10.0 Å². The van der Waals surface area contributed by atoms with Crippen molar-refractivity contribution in [3.63, 3.8) is 0 Å². The molecular weight excluding hydrogens is 320 g/mol. The van der Waals surface area contributed by atoms with Gasteiger partial charge in [0, 0.05) is 17.8 Å². The zero-order valence-corrected chi connectivity index (χ0v) is 14.2. The third-order valence-electron chi connectivity index (χ3n) is 3.63. The molecule has 1 N–H and O–H groups in total. The summed E-state index contributed by atoms with van der Waals surface area (Å²) in [5.41, 5.74) is 2.80. The molecule has 0 bridgehead atoms. The minimum Gasteiger partial charge on any atom is -0.378 e. The maximum absolute atomic E-state index is 11.8. The molecule has 1 aliphatic heterocycles. The highest BCUT2D eigenvalue weighted by molar-refractivity contribution is 7.92. The summed E-state index contributed by atoms with van der Waals surface area (Å²) in [6.45, 7) is 3.17. The molecule has 0 unspecified atom stereocenters. The van der Waals surface area contributed by atoms with Crippen LogP contribution in [0.15, 0.2) is 18.2 Å². The van der Waals surface area contributed by atoms with Crippen LogP contribution in [-0.2, 0) is 29.4 Å². The Bertz CT molecular complexity index is 786. The minimum absolute atomic E-state index is 0.506. The van der Waals surface area contributed by atoms with E-state index in [0.717, 1.165) is 39.8 Å². The Hall–Kier alpha value is -1.67. The topological polar surface area (TPSA) is 75.2 Å². The molecule has 1 aliphatic rings. The summed E-state index contributed by atoms with van der Waals surface area (Å²) in [5.74, 6) is 0. The predicted octanol–water partition coefficient (Wildman–Crippen LogP) is 2.03. The molecule has 8 heteroatoms. The summed E-state index contributed by atoms with van der Waals surface area (Å²) >= 11 is 1.60. The summed E-state index contributed by atoms with van der Waals surface area (Å²) < 4.78 is 25.1. The van der Waals surface area contributed by atoms with Crippen LogP contribution in [0.3, 0.4) is 0 Å². The van der Waals surface area contributed by atoms with Crippen molar-refractivity contribution in [1.29, 1.82) is 0 Å². The lowest BCUT2D eigenvalue weighted by atomic mass is 10.1. The average molecular weight is 338 g/mol. The van der Waals surface area contributed by atoms with E-state index in [2.05, 4.69) is 22.4 Å². The molecule has 0 aliphatic carbocycles. The van der Waals surface area contributed by atoms with E-state index >= 15 is 0 Å². The summed E-state index contributed by atoms with van der Waals surface area (Å²) in [6.07, 6.45) is 2.86. The van der Waals surface area contributed by atoms with E-state index in [1.54, 1.807) is 11.3 Å². The van der Waals surface area contributed by atoms with Gasteiger partial charge in [-0.1, -0.05) is 24.3 Å². The molecule has 6 nitrogen and oxygen atoms in total. The number of hydrogen-bond donors (Lipinski definition) is 1. The lowest BCUT2D eigenvalue weighted by molar-refractivity contribution is 0.598. The van der Waals surface area contributed by atoms with Crippen LogP contribution in [0.2, 0.25) is 0 Å². The van der Waals surface area contributed by atoms with Gasteiger partial charge in [-0.3, -0.25) is 4.31 Å². The van der Waals surface area contributed by atoms with E-state index in [1.165, 1.54) is 10.6 Å². The van der Waals surface area contributed by atoms with Crippen LogP contribution in [0.5, 0.6) is 0 Å². The summed E-state index contributed by atoms with van der Waals surface area (Å²) in [4.78, 5) is 0. The number of fused-ring (bicyclic) bond motifs is 1. The van der Waals surface area contributed by atoms with Gasteiger partial charge < -0.3 is 5.32 Å². The maximum atomic E-state index is 11.8. The van der Waals surface area contributed by atoms with Gasteiger partial charge in [-0.05, 0) is 25.0 Å². The predicted molar refractivity (Wildman–Crippen MR) is 88.9 cm³/mol. The smallest absolute Gasteiger partial charge is 0.232 e. The number of anilines is 2. The fourth-order valence-corrected chi connectivity index (χ4v) is 4.26. The van der Waals surface area contributed by atoms with Crippen molar-refractivity contribution in [2.75, 3.05) is 22.4 Å². The molecule has 0 radical (unpaired) electrons. The van der Waals surface area contributed by atoms with Crippen LogP contribution >= 0.6 is 11.3 Å². The lowest BCUT2D eigenvalue weighted by Crippen LogP contribution is -2.27. The Morgan fingerprint density at radius 3 is 2.77 bits per heavy atom. The number of nitrogens with zero attached hydrogens (tertiary/aromatic N) is 3. The fraction of sp³-hybridized carbons (Fsp3) is 0.429. The van der Waals surface area contributed by atoms with Gasteiger partial charge in [0.25, 0.3) is 0 Å². The molecule has 0 spiro atoms. The Morgan fingerprint density at radius 1 is 1.32 bits per heavy atom. The third kappa shape index (κ3) is 2.93. The van der Waals surface area contributed by atoms with Crippen LogP contribution < -0.4 is 9.62 Å². The minimum atomic E-state index is -3.21. The molecule has 3 rings (SSSR count). The van der Waals surface area contributed by atoms with Crippen LogP contribution in [-0.4, -0.2) is 31.4 Å². The Balaban J connectivity index is 1.80. The molecule has 22 heavy (non-hydrogen) atoms. The van der Waals surface area contributed by atoms with Crippen molar-refractivity contribution in [2.45, 2.75) is 26.3 Å². The van der Waals surface area contributed by atoms with Crippen molar-refractivity contribution in [1.82, 2.24) is 10.2 Å². The van der Waals surface area contributed by atoms with Crippen molar-refractivity contribution in [3.05, 3.63) is 33.8 Å². The van der Waals surface area contributed by atoms with Crippen LogP contribution in [0.1, 0.15) is 22.5 Å². The molecule has 0 saturated heterocycles. The second-order valence-corrected chi connectivity index (χ2v) is 8.24. The highest BCUT2D eigenvalue weighted by atomic mass is 32.2. The van der Waals surface area contributed by atoms with E-state index in [-0.39, 0.29) is 0 Å². The number of hydrogen-bond acceptors (Lipinski definition) is 6. The van der Waals surface area contributed by atoms with Gasteiger partial charge in [-0.15, -0.1) is 10.2 Å². The Morgan fingerprint density at radius 2 is 2.09 bits per heavy atom. The normalized spacial score (nSPS) is 14.2. The monoisotopic (exact) mass is 338 g/mol. The fourth-order valence-electron chi connectivity index (χ4n) is 2.59. The molecule has 2 heterocycles. The number of rotatable bonds is 5. The van der Waals surface area contributed by atoms with Gasteiger partial charge >= 0.3 is 0 Å². The van der Waals surface area contributed by atoms with Gasteiger partial charge in [0.05, 0.1) is 18.5 Å². The Kier molecular flexibility index (Phi) is 4.05. The SMILES string of the molecule is CCc1nnc(CNc2cccc3c2CCN3S(C)(=O)=O)s1. The second kappa shape index (κ2) is 5.85. The van der Waals surface area contributed by atoms with E-state index in [4.69, 9.17) is 0 Å². The highest BCUT2D eigenvalue weighted by Crippen LogP contribution is 2.35. The molecule has 0 fully saturated rings. The van der Waals surface area contributed by atoms with Gasteiger partial charge in [-0.2, -0.15) is 0 Å². The molecule has 1 aromatic heterocycles. The zero-order valence-electron chi connectivity index (χ0n) is 12.5. The maximum Gasteiger partial charge on any atom is 0.232 e.